The van der Waals surface area contributed by atoms with E-state index in [-0.39, 0.29) is 0 Å². The van der Waals surface area contributed by atoms with Crippen molar-refractivity contribution in [3.8, 4) is 23.3 Å². The van der Waals surface area contributed by atoms with Crippen LogP contribution in [0.3, 0.4) is 0 Å². The van der Waals surface area contributed by atoms with Crippen LogP contribution in [-0.2, 0) is 0 Å². The number of aromatic nitrogens is 3. The number of allylic oxidation sites excluding steroid dienone is 3. The fraction of sp³-hybridized carbons (Fsp3) is 0.179. The Kier molecular flexibility index (Phi) is 7.43. The molecule has 1 N–H and O–H groups in total. The Morgan fingerprint density at radius 3 is 2.29 bits per heavy atom. The molecule has 0 unspecified atom stereocenters. The molecule has 0 aliphatic rings. The second-order valence-electron chi connectivity index (χ2n) is 8.24. The first kappa shape index (κ1) is 24.9. The normalized spacial score (nSPS) is 10.8. The van der Waals surface area contributed by atoms with Gasteiger partial charge in [0.1, 0.15) is 11.6 Å². The van der Waals surface area contributed by atoms with Gasteiger partial charge in [0.05, 0.1) is 34.6 Å². The summed E-state index contributed by atoms with van der Waals surface area (Å²) in [6.45, 7) is 15.7. The number of hydrogen-bond donors (Lipinski definition) is 1. The van der Waals surface area contributed by atoms with Crippen LogP contribution >= 0.6 is 0 Å². The van der Waals surface area contributed by atoms with Gasteiger partial charge in [-0.15, -0.1) is 0 Å². The maximum absolute atomic E-state index is 9.92. The zero-order chi connectivity index (χ0) is 25.7. The first-order chi connectivity index (χ1) is 16.6. The highest BCUT2D eigenvalue weighted by molar-refractivity contribution is 5.85. The molecule has 0 aliphatic heterocycles. The number of nitriles is 2. The van der Waals surface area contributed by atoms with Crippen LogP contribution < -0.4 is 10.2 Å². The van der Waals surface area contributed by atoms with Gasteiger partial charge in [0, 0.05) is 24.0 Å². The van der Waals surface area contributed by atoms with Crippen molar-refractivity contribution in [3.05, 3.63) is 95.6 Å². The Morgan fingerprint density at radius 1 is 1.00 bits per heavy atom. The van der Waals surface area contributed by atoms with Crippen LogP contribution in [0.4, 0.5) is 11.4 Å². The number of nitrogens with zero attached hydrogens (tertiary/aromatic N) is 6. The maximum Gasteiger partial charge on any atom is 0.159 e. The van der Waals surface area contributed by atoms with Crippen LogP contribution in [-0.4, -0.2) is 22.0 Å². The molecule has 7 heteroatoms. The molecule has 0 aliphatic carbocycles. The van der Waals surface area contributed by atoms with Crippen molar-refractivity contribution in [2.24, 2.45) is 0 Å². The molecular weight excluding hydrogens is 434 g/mol. The zero-order valence-corrected chi connectivity index (χ0v) is 20.6. The number of hydrogen-bond acceptors (Lipinski definition) is 7. The van der Waals surface area contributed by atoms with Gasteiger partial charge in [-0.2, -0.15) is 10.5 Å². The van der Waals surface area contributed by atoms with Crippen LogP contribution in [0.25, 0.3) is 16.7 Å². The van der Waals surface area contributed by atoms with Crippen LogP contribution in [0.5, 0.6) is 0 Å². The van der Waals surface area contributed by atoms with Gasteiger partial charge in [-0.05, 0) is 69.2 Å². The number of aryl methyl sites for hydroxylation is 2. The third kappa shape index (κ3) is 5.79. The Balaban J connectivity index is 2.06. The van der Waals surface area contributed by atoms with E-state index in [1.165, 1.54) is 0 Å². The van der Waals surface area contributed by atoms with E-state index in [4.69, 9.17) is 0 Å². The quantitative estimate of drug-likeness (QED) is 0.437. The molecule has 0 bridgehead atoms. The Morgan fingerprint density at radius 2 is 1.69 bits per heavy atom. The van der Waals surface area contributed by atoms with Crippen LogP contribution in [0.1, 0.15) is 42.4 Å². The van der Waals surface area contributed by atoms with E-state index in [9.17, 15) is 10.5 Å². The Bertz CT molecular complexity index is 1410. The monoisotopic (exact) mass is 461 g/mol. The predicted octanol–water partition coefficient (Wildman–Crippen LogP) is 5.90. The molecule has 1 aromatic heterocycles. The van der Waals surface area contributed by atoms with Gasteiger partial charge in [-0.1, -0.05) is 25.3 Å². The van der Waals surface area contributed by atoms with E-state index in [1.807, 2.05) is 63.9 Å². The van der Waals surface area contributed by atoms with Crippen molar-refractivity contribution in [1.29, 1.82) is 10.5 Å². The molecule has 0 saturated heterocycles. The van der Waals surface area contributed by atoms with Crippen LogP contribution in [0.15, 0.2) is 67.0 Å². The van der Waals surface area contributed by atoms with Gasteiger partial charge in [-0.25, -0.2) is 15.0 Å². The molecule has 174 valence electrons. The van der Waals surface area contributed by atoms with Gasteiger partial charge >= 0.3 is 0 Å². The molecule has 35 heavy (non-hydrogen) atoms. The van der Waals surface area contributed by atoms with Crippen LogP contribution in [0, 0.1) is 36.5 Å². The molecule has 0 saturated carbocycles. The molecular formula is C28H27N7. The van der Waals surface area contributed by atoms with E-state index in [0.717, 1.165) is 28.1 Å². The lowest BCUT2D eigenvalue weighted by molar-refractivity contribution is 0.900. The minimum Gasteiger partial charge on any atom is -0.354 e. The van der Waals surface area contributed by atoms with E-state index in [0.29, 0.717) is 40.0 Å². The van der Waals surface area contributed by atoms with E-state index >= 15 is 0 Å². The zero-order valence-electron chi connectivity index (χ0n) is 20.6. The number of anilines is 2. The first-order valence-electron chi connectivity index (χ1n) is 10.9. The standard InChI is InChI=1S/C28H27N7/c1-17(2)35(7)27-14-25(23-10-8-9-22(12-23)15-29)24(16-30)13-26(27)31-19(4)11-18(3)28-33-20(5)32-21(6)34-28/h8-14,31H,1,4H2,2-3,5-7H3/b18-11+. The second kappa shape index (κ2) is 10.5. The van der Waals surface area contributed by atoms with E-state index < -0.39 is 0 Å². The highest BCUT2D eigenvalue weighted by Gasteiger charge is 2.16. The Labute approximate surface area is 206 Å². The van der Waals surface area contributed by atoms with Crippen molar-refractivity contribution in [2.75, 3.05) is 17.3 Å². The Hall–Kier alpha value is -4.75. The van der Waals surface area contributed by atoms with E-state index in [2.05, 4.69) is 45.6 Å². The highest BCUT2D eigenvalue weighted by Crippen LogP contribution is 2.36. The third-order valence-corrected chi connectivity index (χ3v) is 5.39. The average molecular weight is 462 g/mol. The fourth-order valence-electron chi connectivity index (χ4n) is 3.59. The average Bonchev–Trinajstić information content (AvgIpc) is 2.82. The smallest absolute Gasteiger partial charge is 0.159 e. The molecule has 0 amide bonds. The first-order valence-corrected chi connectivity index (χ1v) is 10.9. The number of rotatable bonds is 7. The minimum atomic E-state index is 0.471. The summed E-state index contributed by atoms with van der Waals surface area (Å²) in [5.41, 5.74) is 6.29. The highest BCUT2D eigenvalue weighted by atomic mass is 15.1. The lowest BCUT2D eigenvalue weighted by Gasteiger charge is -2.25. The maximum atomic E-state index is 9.92. The van der Waals surface area contributed by atoms with Gasteiger partial charge in [-0.3, -0.25) is 0 Å². The molecule has 0 fully saturated rings. The summed E-state index contributed by atoms with van der Waals surface area (Å²) in [4.78, 5) is 15.0. The lowest BCUT2D eigenvalue weighted by atomic mass is 9.96. The topological polar surface area (TPSA) is 102 Å². The largest absolute Gasteiger partial charge is 0.354 e. The van der Waals surface area contributed by atoms with Crippen molar-refractivity contribution in [1.82, 2.24) is 15.0 Å². The SMILES string of the molecule is C=C(/C=C(\C)c1nc(C)nc(C)n1)Nc1cc(C#N)c(-c2cccc(C#N)c2)cc1N(C)C(=C)C. The molecule has 3 aromatic rings. The summed E-state index contributed by atoms with van der Waals surface area (Å²) >= 11 is 0. The predicted molar refractivity (Wildman–Crippen MR) is 140 cm³/mol. The lowest BCUT2D eigenvalue weighted by Crippen LogP contribution is -2.16. The van der Waals surface area contributed by atoms with Crippen LogP contribution in [0.2, 0.25) is 0 Å². The van der Waals surface area contributed by atoms with Gasteiger partial charge in [0.2, 0.25) is 0 Å². The van der Waals surface area contributed by atoms with Crippen molar-refractivity contribution in [3.63, 3.8) is 0 Å². The summed E-state index contributed by atoms with van der Waals surface area (Å²) in [6, 6.07) is 15.4. The summed E-state index contributed by atoms with van der Waals surface area (Å²) in [5, 5.41) is 22.5. The number of nitrogens with one attached hydrogen (secondary N) is 1. The molecule has 0 atom stereocenters. The van der Waals surface area contributed by atoms with Gasteiger partial charge in [0.15, 0.2) is 5.82 Å². The molecule has 3 rings (SSSR count). The summed E-state index contributed by atoms with van der Waals surface area (Å²) in [6.07, 6.45) is 1.86. The summed E-state index contributed by atoms with van der Waals surface area (Å²) < 4.78 is 0. The molecule has 7 nitrogen and oxygen atoms in total. The fourth-order valence-corrected chi connectivity index (χ4v) is 3.59. The van der Waals surface area contributed by atoms with Gasteiger partial charge in [0.25, 0.3) is 0 Å². The molecule has 1 heterocycles. The minimum absolute atomic E-state index is 0.471. The van der Waals surface area contributed by atoms with Crippen molar-refractivity contribution < 1.29 is 0 Å². The van der Waals surface area contributed by atoms with Crippen molar-refractivity contribution in [2.45, 2.75) is 27.7 Å². The summed E-state index contributed by atoms with van der Waals surface area (Å²) in [7, 11) is 1.91. The molecule has 2 aromatic carbocycles. The summed E-state index contributed by atoms with van der Waals surface area (Å²) in [5.74, 6) is 1.89. The second-order valence-corrected chi connectivity index (χ2v) is 8.24. The van der Waals surface area contributed by atoms with Gasteiger partial charge < -0.3 is 10.2 Å². The number of benzene rings is 2. The molecule has 0 spiro atoms. The third-order valence-electron chi connectivity index (χ3n) is 5.39. The van der Waals surface area contributed by atoms with Crippen molar-refractivity contribution >= 4 is 16.9 Å². The van der Waals surface area contributed by atoms with E-state index in [1.54, 1.807) is 18.2 Å². The molecule has 0 radical (unpaired) electrons.